The van der Waals surface area contributed by atoms with Gasteiger partial charge in [0.25, 0.3) is 0 Å². The zero-order valence-electron chi connectivity index (χ0n) is 9.61. The topological polar surface area (TPSA) is 64.3 Å². The average Bonchev–Trinajstić information content (AvgIpc) is 2.91. The van der Waals surface area contributed by atoms with E-state index < -0.39 is 5.97 Å². The van der Waals surface area contributed by atoms with Gasteiger partial charge in [-0.2, -0.15) is 0 Å². The molecule has 0 saturated heterocycles. The van der Waals surface area contributed by atoms with Gasteiger partial charge in [-0.15, -0.1) is 0 Å². The van der Waals surface area contributed by atoms with Crippen LogP contribution in [0.3, 0.4) is 0 Å². The highest BCUT2D eigenvalue weighted by Gasteiger charge is 2.21. The number of aromatic carboxylic acids is 1. The van der Waals surface area contributed by atoms with Crippen LogP contribution >= 0.6 is 0 Å². The Morgan fingerprint density at radius 3 is 3.11 bits per heavy atom. The van der Waals surface area contributed by atoms with E-state index in [1.807, 2.05) is 10.8 Å². The predicted molar refractivity (Wildman–Crippen MR) is 63.6 cm³/mol. The fourth-order valence-electron chi connectivity index (χ4n) is 2.16. The van der Waals surface area contributed by atoms with Gasteiger partial charge in [-0.25, -0.2) is 9.78 Å². The lowest BCUT2D eigenvalue weighted by atomic mass is 10.0. The van der Waals surface area contributed by atoms with Crippen LogP contribution in [0.25, 0.3) is 0 Å². The Labute approximate surface area is 104 Å². The van der Waals surface area contributed by atoms with Gasteiger partial charge < -0.3 is 14.4 Å². The molecule has 1 N–H and O–H groups in total. The number of hydrogen-bond acceptors (Lipinski definition) is 3. The Balaban J connectivity index is 1.88. The highest BCUT2D eigenvalue weighted by molar-refractivity contribution is 5.88. The Kier molecular flexibility index (Phi) is 2.51. The summed E-state index contributed by atoms with van der Waals surface area (Å²) >= 11 is 0. The monoisotopic (exact) mass is 244 g/mol. The third-order valence-corrected chi connectivity index (χ3v) is 3.09. The first-order valence-electron chi connectivity index (χ1n) is 5.74. The maximum Gasteiger partial charge on any atom is 0.335 e. The number of fused-ring (bicyclic) bond motifs is 1. The van der Waals surface area contributed by atoms with Crippen molar-refractivity contribution in [3.05, 3.63) is 48.0 Å². The summed E-state index contributed by atoms with van der Waals surface area (Å²) < 4.78 is 7.75. The van der Waals surface area contributed by atoms with Crippen molar-refractivity contribution >= 4 is 5.97 Å². The van der Waals surface area contributed by atoms with Crippen molar-refractivity contribution in [3.8, 4) is 5.75 Å². The molecule has 5 nitrogen and oxygen atoms in total. The van der Waals surface area contributed by atoms with Crippen molar-refractivity contribution in [1.82, 2.24) is 9.55 Å². The SMILES string of the molecule is O=C(O)c1ccc2c(c1)CCC(n1ccnc1)O2. The molecule has 0 aliphatic carbocycles. The van der Waals surface area contributed by atoms with Crippen LogP contribution in [0.2, 0.25) is 0 Å². The number of ether oxygens (including phenoxy) is 1. The fraction of sp³-hybridized carbons (Fsp3) is 0.231. The second-order valence-corrected chi connectivity index (χ2v) is 4.25. The van der Waals surface area contributed by atoms with Crippen molar-refractivity contribution < 1.29 is 14.6 Å². The molecule has 92 valence electrons. The average molecular weight is 244 g/mol. The van der Waals surface area contributed by atoms with Crippen molar-refractivity contribution in [2.75, 3.05) is 0 Å². The Bertz CT molecular complexity index is 578. The van der Waals surface area contributed by atoms with E-state index in [-0.39, 0.29) is 6.23 Å². The van der Waals surface area contributed by atoms with E-state index in [2.05, 4.69) is 4.98 Å². The maximum atomic E-state index is 10.9. The maximum absolute atomic E-state index is 10.9. The Hall–Kier alpha value is -2.30. The summed E-state index contributed by atoms with van der Waals surface area (Å²) in [7, 11) is 0. The minimum Gasteiger partial charge on any atom is -0.478 e. The first-order chi connectivity index (χ1) is 8.74. The first-order valence-corrected chi connectivity index (χ1v) is 5.74. The van der Waals surface area contributed by atoms with Crippen LogP contribution in [0.5, 0.6) is 5.75 Å². The van der Waals surface area contributed by atoms with Crippen molar-refractivity contribution in [3.63, 3.8) is 0 Å². The molecule has 1 aromatic heterocycles. The highest BCUT2D eigenvalue weighted by Crippen LogP contribution is 2.32. The first kappa shape index (κ1) is 10.8. The van der Waals surface area contributed by atoms with Crippen LogP contribution in [0.15, 0.2) is 36.9 Å². The lowest BCUT2D eigenvalue weighted by Crippen LogP contribution is -2.20. The van der Waals surface area contributed by atoms with Gasteiger partial charge in [0.2, 0.25) is 0 Å². The molecule has 0 saturated carbocycles. The minimum absolute atomic E-state index is 0.0596. The van der Waals surface area contributed by atoms with Gasteiger partial charge in [-0.1, -0.05) is 0 Å². The van der Waals surface area contributed by atoms with Crippen molar-refractivity contribution in [1.29, 1.82) is 0 Å². The molecule has 0 fully saturated rings. The number of aryl methyl sites for hydroxylation is 1. The van der Waals surface area contributed by atoms with Crippen LogP contribution in [-0.4, -0.2) is 20.6 Å². The molecular weight excluding hydrogens is 232 g/mol. The summed E-state index contributed by atoms with van der Waals surface area (Å²) in [6, 6.07) is 4.97. The summed E-state index contributed by atoms with van der Waals surface area (Å²) in [6.45, 7) is 0. The number of hydrogen-bond donors (Lipinski definition) is 1. The van der Waals surface area contributed by atoms with Gasteiger partial charge in [-0.3, -0.25) is 0 Å². The zero-order chi connectivity index (χ0) is 12.5. The minimum atomic E-state index is -0.908. The van der Waals surface area contributed by atoms with Gasteiger partial charge in [-0.05, 0) is 30.2 Å². The number of carbonyl (C=O) groups is 1. The molecule has 0 spiro atoms. The van der Waals surface area contributed by atoms with Gasteiger partial charge in [0.1, 0.15) is 5.75 Å². The van der Waals surface area contributed by atoms with E-state index in [0.717, 1.165) is 24.2 Å². The van der Waals surface area contributed by atoms with Gasteiger partial charge in [0.15, 0.2) is 6.23 Å². The Morgan fingerprint density at radius 1 is 1.50 bits per heavy atom. The molecular formula is C13H12N2O3. The van der Waals surface area contributed by atoms with Crippen molar-refractivity contribution in [2.45, 2.75) is 19.1 Å². The molecule has 1 aliphatic heterocycles. The van der Waals surface area contributed by atoms with Crippen LogP contribution in [0, 0.1) is 0 Å². The van der Waals surface area contributed by atoms with Crippen LogP contribution in [0.1, 0.15) is 28.6 Å². The molecule has 0 bridgehead atoms. The molecule has 3 rings (SSSR count). The third kappa shape index (κ3) is 1.84. The van der Waals surface area contributed by atoms with E-state index >= 15 is 0 Å². The summed E-state index contributed by atoms with van der Waals surface area (Å²) in [6.07, 6.45) is 6.86. The van der Waals surface area contributed by atoms with E-state index in [9.17, 15) is 4.79 Å². The molecule has 2 heterocycles. The number of imidazole rings is 1. The number of benzene rings is 1. The molecule has 1 aliphatic rings. The molecule has 2 aromatic rings. The molecule has 0 amide bonds. The number of rotatable bonds is 2. The standard InChI is InChI=1S/C13H12N2O3/c16-13(17)10-1-3-11-9(7-10)2-4-12(18-11)15-6-5-14-8-15/h1,3,5-8,12H,2,4H2,(H,16,17). The molecule has 1 atom stereocenters. The molecule has 1 aromatic carbocycles. The molecule has 0 radical (unpaired) electrons. The third-order valence-electron chi connectivity index (χ3n) is 3.09. The van der Waals surface area contributed by atoms with Gasteiger partial charge >= 0.3 is 5.97 Å². The highest BCUT2D eigenvalue weighted by atomic mass is 16.5. The lowest BCUT2D eigenvalue weighted by molar-refractivity contribution is 0.0696. The van der Waals surface area contributed by atoms with Gasteiger partial charge in [0.05, 0.1) is 11.9 Å². The van der Waals surface area contributed by atoms with Crippen LogP contribution in [0.4, 0.5) is 0 Å². The lowest BCUT2D eigenvalue weighted by Gasteiger charge is -2.26. The smallest absolute Gasteiger partial charge is 0.335 e. The van der Waals surface area contributed by atoms with Crippen LogP contribution < -0.4 is 4.74 Å². The Morgan fingerprint density at radius 2 is 2.39 bits per heavy atom. The molecule has 1 unspecified atom stereocenters. The number of carboxylic acids is 1. The van der Waals surface area contributed by atoms with Gasteiger partial charge in [0, 0.05) is 18.8 Å². The molecule has 5 heteroatoms. The summed E-state index contributed by atoms with van der Waals surface area (Å²) in [5.74, 6) is -0.153. The van der Waals surface area contributed by atoms with E-state index in [1.54, 1.807) is 30.7 Å². The summed E-state index contributed by atoms with van der Waals surface area (Å²) in [5.41, 5.74) is 1.25. The molecule has 18 heavy (non-hydrogen) atoms. The summed E-state index contributed by atoms with van der Waals surface area (Å²) in [4.78, 5) is 14.9. The summed E-state index contributed by atoms with van der Waals surface area (Å²) in [5, 5.41) is 8.94. The van der Waals surface area contributed by atoms with Crippen LogP contribution in [-0.2, 0) is 6.42 Å². The second-order valence-electron chi connectivity index (χ2n) is 4.25. The quantitative estimate of drug-likeness (QED) is 0.878. The zero-order valence-corrected chi connectivity index (χ0v) is 9.61. The van der Waals surface area contributed by atoms with E-state index in [4.69, 9.17) is 9.84 Å². The largest absolute Gasteiger partial charge is 0.478 e. The number of aromatic nitrogens is 2. The second kappa shape index (κ2) is 4.18. The van der Waals surface area contributed by atoms with E-state index in [0.29, 0.717) is 5.56 Å². The normalized spacial score (nSPS) is 17.9. The van der Waals surface area contributed by atoms with Crippen molar-refractivity contribution in [2.24, 2.45) is 0 Å². The fourth-order valence-corrected chi connectivity index (χ4v) is 2.16. The predicted octanol–water partition coefficient (Wildman–Crippen LogP) is 2.11. The number of carboxylic acid groups (broad SMARTS) is 1. The number of nitrogens with zero attached hydrogens (tertiary/aromatic N) is 2. The van der Waals surface area contributed by atoms with E-state index in [1.165, 1.54) is 0 Å².